The van der Waals surface area contributed by atoms with Crippen molar-refractivity contribution in [1.82, 2.24) is 19.9 Å². The summed E-state index contributed by atoms with van der Waals surface area (Å²) in [6.45, 7) is 2.71. The average Bonchev–Trinajstić information content (AvgIpc) is 3.41. The second kappa shape index (κ2) is 7.20. The monoisotopic (exact) mass is 383 g/mol. The Hall–Kier alpha value is -3.20. The molecule has 0 atom stereocenters. The van der Waals surface area contributed by atoms with Gasteiger partial charge in [-0.25, -0.2) is 4.98 Å². The smallest absolute Gasteiger partial charge is 0.298 e. The van der Waals surface area contributed by atoms with Gasteiger partial charge in [0.1, 0.15) is 5.75 Å². The number of methoxy groups -OCH3 is 1. The van der Waals surface area contributed by atoms with E-state index in [1.807, 2.05) is 30.5 Å². The topological polar surface area (TPSA) is 86.3 Å². The fourth-order valence-corrected chi connectivity index (χ4v) is 3.67. The van der Waals surface area contributed by atoms with Gasteiger partial charge in [-0.2, -0.15) is 5.10 Å². The molecule has 0 saturated carbocycles. The van der Waals surface area contributed by atoms with Gasteiger partial charge in [0.25, 0.3) is 5.91 Å². The van der Waals surface area contributed by atoms with Crippen LogP contribution in [0.15, 0.2) is 47.2 Å². The van der Waals surface area contributed by atoms with Crippen molar-refractivity contribution >= 4 is 32.6 Å². The molecule has 3 aromatic heterocycles. The summed E-state index contributed by atoms with van der Waals surface area (Å²) in [6, 6.07) is 9.10. The molecule has 0 aliphatic rings. The van der Waals surface area contributed by atoms with Crippen molar-refractivity contribution in [3.8, 4) is 5.75 Å². The van der Waals surface area contributed by atoms with Gasteiger partial charge in [0.15, 0.2) is 5.13 Å². The third-order valence-corrected chi connectivity index (χ3v) is 5.05. The van der Waals surface area contributed by atoms with E-state index in [1.54, 1.807) is 35.9 Å². The average molecular weight is 383 g/mol. The molecule has 3 heterocycles. The number of amides is 1. The van der Waals surface area contributed by atoms with Gasteiger partial charge in [-0.1, -0.05) is 16.5 Å². The van der Waals surface area contributed by atoms with E-state index >= 15 is 0 Å². The van der Waals surface area contributed by atoms with Crippen molar-refractivity contribution in [3.05, 3.63) is 54.2 Å². The first-order chi connectivity index (χ1) is 13.1. The molecule has 0 N–H and O–H groups in total. The van der Waals surface area contributed by atoms with Crippen molar-refractivity contribution in [2.75, 3.05) is 18.6 Å². The Balaban J connectivity index is 1.68. The van der Waals surface area contributed by atoms with Gasteiger partial charge in [0, 0.05) is 25.0 Å². The minimum Gasteiger partial charge on any atom is -0.497 e. The Morgan fingerprint density at radius 3 is 2.96 bits per heavy atom. The molecule has 0 bridgehead atoms. The fourth-order valence-electron chi connectivity index (χ4n) is 2.65. The molecular weight excluding hydrogens is 366 g/mol. The highest BCUT2D eigenvalue weighted by Crippen LogP contribution is 2.32. The van der Waals surface area contributed by atoms with Crippen LogP contribution in [0.3, 0.4) is 0 Å². The summed E-state index contributed by atoms with van der Waals surface area (Å²) in [5.74, 6) is 0.650. The van der Waals surface area contributed by atoms with Crippen LogP contribution in [0.4, 0.5) is 5.13 Å². The van der Waals surface area contributed by atoms with E-state index in [-0.39, 0.29) is 11.7 Å². The second-order valence-corrected chi connectivity index (χ2v) is 6.90. The molecule has 0 radical (unpaired) electrons. The fraction of sp³-hybridized carbons (Fsp3) is 0.222. The van der Waals surface area contributed by atoms with Crippen LogP contribution in [0.2, 0.25) is 0 Å². The summed E-state index contributed by atoms with van der Waals surface area (Å²) in [5.41, 5.74) is 1.46. The quantitative estimate of drug-likeness (QED) is 0.508. The zero-order chi connectivity index (χ0) is 18.8. The van der Waals surface area contributed by atoms with E-state index in [2.05, 4.69) is 15.2 Å². The molecule has 4 aromatic rings. The third kappa shape index (κ3) is 3.54. The third-order valence-electron chi connectivity index (χ3n) is 4.01. The van der Waals surface area contributed by atoms with E-state index in [9.17, 15) is 4.79 Å². The number of aromatic nitrogens is 4. The molecule has 0 fully saturated rings. The number of thiazole rings is 1. The lowest BCUT2D eigenvalue weighted by molar-refractivity contribution is 0.0950. The first-order valence-corrected chi connectivity index (χ1v) is 9.13. The molecule has 27 heavy (non-hydrogen) atoms. The number of hydrogen-bond donors (Lipinski definition) is 0. The molecule has 4 rings (SSSR count). The maximum absolute atomic E-state index is 13.0. The minimum atomic E-state index is -0.284. The number of benzene rings is 1. The van der Waals surface area contributed by atoms with E-state index in [1.165, 1.54) is 11.3 Å². The van der Waals surface area contributed by atoms with Gasteiger partial charge >= 0.3 is 0 Å². The summed E-state index contributed by atoms with van der Waals surface area (Å²) in [7, 11) is 1.62. The molecule has 0 unspecified atom stereocenters. The summed E-state index contributed by atoms with van der Waals surface area (Å²) in [6.07, 6.45) is 3.56. The SMILES string of the molecule is COc1ccc2nc(N(CCn3cccn3)C(=O)c3cc(C)no3)sc2c1. The molecule has 0 aliphatic heterocycles. The Morgan fingerprint density at radius 1 is 1.37 bits per heavy atom. The maximum atomic E-state index is 13.0. The van der Waals surface area contributed by atoms with Crippen molar-refractivity contribution in [2.45, 2.75) is 13.5 Å². The predicted molar refractivity (Wildman–Crippen MR) is 101 cm³/mol. The molecule has 9 heteroatoms. The van der Waals surface area contributed by atoms with Crippen LogP contribution in [0.1, 0.15) is 16.2 Å². The summed E-state index contributed by atoms with van der Waals surface area (Å²) >= 11 is 1.42. The van der Waals surface area contributed by atoms with Crippen LogP contribution < -0.4 is 9.64 Å². The van der Waals surface area contributed by atoms with Gasteiger partial charge in [-0.3, -0.25) is 14.4 Å². The van der Waals surface area contributed by atoms with E-state index in [0.717, 1.165) is 16.0 Å². The number of rotatable bonds is 6. The number of carbonyl (C=O) groups is 1. The lowest BCUT2D eigenvalue weighted by atomic mass is 10.3. The second-order valence-electron chi connectivity index (χ2n) is 5.89. The van der Waals surface area contributed by atoms with Crippen molar-refractivity contribution < 1.29 is 14.1 Å². The zero-order valence-electron chi connectivity index (χ0n) is 14.8. The number of anilines is 1. The zero-order valence-corrected chi connectivity index (χ0v) is 15.6. The highest BCUT2D eigenvalue weighted by atomic mass is 32.1. The molecule has 1 amide bonds. The Kier molecular flexibility index (Phi) is 4.59. The normalized spacial score (nSPS) is 11.0. The van der Waals surface area contributed by atoms with E-state index in [4.69, 9.17) is 9.26 Å². The van der Waals surface area contributed by atoms with Crippen molar-refractivity contribution in [2.24, 2.45) is 0 Å². The van der Waals surface area contributed by atoms with Crippen LogP contribution in [-0.4, -0.2) is 39.5 Å². The highest BCUT2D eigenvalue weighted by Gasteiger charge is 2.24. The lowest BCUT2D eigenvalue weighted by Crippen LogP contribution is -2.33. The molecular formula is C18H17N5O3S. The first kappa shape index (κ1) is 17.2. The van der Waals surface area contributed by atoms with Gasteiger partial charge in [-0.05, 0) is 31.2 Å². The van der Waals surface area contributed by atoms with E-state index < -0.39 is 0 Å². The number of carbonyl (C=O) groups excluding carboxylic acids is 1. The molecule has 1 aromatic carbocycles. The van der Waals surface area contributed by atoms with Crippen LogP contribution in [-0.2, 0) is 6.54 Å². The summed E-state index contributed by atoms with van der Waals surface area (Å²) in [5, 5.41) is 8.60. The highest BCUT2D eigenvalue weighted by molar-refractivity contribution is 7.22. The molecule has 8 nitrogen and oxygen atoms in total. The van der Waals surface area contributed by atoms with Crippen LogP contribution in [0.5, 0.6) is 5.75 Å². The lowest BCUT2D eigenvalue weighted by Gasteiger charge is -2.18. The predicted octanol–water partition coefficient (Wildman–Crippen LogP) is 3.14. The largest absolute Gasteiger partial charge is 0.497 e. The van der Waals surface area contributed by atoms with Crippen molar-refractivity contribution in [1.29, 1.82) is 0 Å². The summed E-state index contributed by atoms with van der Waals surface area (Å²) < 4.78 is 13.1. The Bertz CT molecular complexity index is 1070. The molecule has 0 saturated heterocycles. The Morgan fingerprint density at radius 2 is 2.26 bits per heavy atom. The molecule has 0 spiro atoms. The van der Waals surface area contributed by atoms with Gasteiger partial charge in [0.05, 0.1) is 29.6 Å². The number of nitrogens with zero attached hydrogens (tertiary/aromatic N) is 5. The number of ether oxygens (including phenoxy) is 1. The van der Waals surface area contributed by atoms with Gasteiger partial charge in [0.2, 0.25) is 5.76 Å². The first-order valence-electron chi connectivity index (χ1n) is 8.31. The van der Waals surface area contributed by atoms with Crippen LogP contribution in [0, 0.1) is 6.92 Å². The van der Waals surface area contributed by atoms with Crippen LogP contribution >= 0.6 is 11.3 Å². The maximum Gasteiger partial charge on any atom is 0.298 e. The van der Waals surface area contributed by atoms with E-state index in [0.29, 0.717) is 23.9 Å². The minimum absolute atomic E-state index is 0.185. The number of hydrogen-bond acceptors (Lipinski definition) is 7. The molecule has 138 valence electrons. The Labute approximate surface area is 159 Å². The van der Waals surface area contributed by atoms with Gasteiger partial charge in [-0.15, -0.1) is 0 Å². The van der Waals surface area contributed by atoms with Crippen LogP contribution in [0.25, 0.3) is 10.2 Å². The van der Waals surface area contributed by atoms with Gasteiger partial charge < -0.3 is 9.26 Å². The molecule has 0 aliphatic carbocycles. The summed E-state index contributed by atoms with van der Waals surface area (Å²) in [4.78, 5) is 19.2. The van der Waals surface area contributed by atoms with Crippen molar-refractivity contribution in [3.63, 3.8) is 0 Å². The number of fused-ring (bicyclic) bond motifs is 1. The standard InChI is InChI=1S/C18H17N5O3S/c1-12-10-15(26-21-12)17(24)23(9-8-22-7-3-6-19-22)18-20-14-5-4-13(25-2)11-16(14)27-18/h3-7,10-11H,8-9H2,1-2H3. The number of aryl methyl sites for hydroxylation is 1.